The van der Waals surface area contributed by atoms with Crippen molar-refractivity contribution in [1.82, 2.24) is 30.1 Å². The lowest BCUT2D eigenvalue weighted by atomic mass is 9.90. The predicted molar refractivity (Wildman–Crippen MR) is 89.4 cm³/mol. The molecule has 4 rings (SSSR count). The van der Waals surface area contributed by atoms with Crippen molar-refractivity contribution in [3.63, 3.8) is 0 Å². The van der Waals surface area contributed by atoms with Crippen LogP contribution in [0.3, 0.4) is 0 Å². The smallest absolute Gasteiger partial charge is 0.165 e. The normalized spacial score (nSPS) is 21.2. The molecule has 0 bridgehead atoms. The Labute approximate surface area is 138 Å². The van der Waals surface area contributed by atoms with Crippen molar-refractivity contribution in [1.29, 1.82) is 0 Å². The van der Waals surface area contributed by atoms with Gasteiger partial charge in [-0.25, -0.2) is 4.98 Å². The SMILES string of the molecule is CC(=O)C1CCC(c2cc(N)n3ncc(-c4cn[nH]c4)c3n2)CN1. The number of hydrogen-bond acceptors (Lipinski definition) is 6. The number of piperidine rings is 1. The molecule has 0 aliphatic carbocycles. The average molecular weight is 325 g/mol. The Hall–Kier alpha value is -2.74. The van der Waals surface area contributed by atoms with Gasteiger partial charge < -0.3 is 11.1 Å². The van der Waals surface area contributed by atoms with Gasteiger partial charge in [0.1, 0.15) is 11.6 Å². The van der Waals surface area contributed by atoms with E-state index in [1.807, 2.05) is 6.07 Å². The van der Waals surface area contributed by atoms with E-state index in [2.05, 4.69) is 20.6 Å². The molecule has 3 aromatic rings. The third-order valence-corrected chi connectivity index (χ3v) is 4.65. The number of nitrogens with two attached hydrogens (primary N) is 1. The largest absolute Gasteiger partial charge is 0.384 e. The fourth-order valence-corrected chi connectivity index (χ4v) is 3.27. The Bertz CT molecular complexity index is 875. The number of nitrogens with one attached hydrogen (secondary N) is 2. The predicted octanol–water partition coefficient (Wildman–Crippen LogP) is 1.13. The molecule has 1 aliphatic rings. The molecule has 3 aromatic heterocycles. The zero-order valence-electron chi connectivity index (χ0n) is 13.4. The number of carbonyl (C=O) groups is 1. The Morgan fingerprint density at radius 2 is 2.25 bits per heavy atom. The number of nitrogens with zero attached hydrogens (tertiary/aromatic N) is 4. The Morgan fingerprint density at radius 1 is 1.38 bits per heavy atom. The first-order valence-electron chi connectivity index (χ1n) is 8.00. The van der Waals surface area contributed by atoms with Crippen LogP contribution in [0.1, 0.15) is 31.4 Å². The number of nitrogen functional groups attached to an aromatic ring is 1. The lowest BCUT2D eigenvalue weighted by molar-refractivity contribution is -0.119. The van der Waals surface area contributed by atoms with Crippen LogP contribution in [-0.4, -0.2) is 43.2 Å². The van der Waals surface area contributed by atoms with Crippen molar-refractivity contribution < 1.29 is 4.79 Å². The van der Waals surface area contributed by atoms with Crippen molar-refractivity contribution >= 4 is 17.2 Å². The number of rotatable bonds is 3. The fraction of sp³-hybridized carbons (Fsp3) is 0.375. The summed E-state index contributed by atoms with van der Waals surface area (Å²) in [5.41, 5.74) is 9.64. The summed E-state index contributed by atoms with van der Waals surface area (Å²) in [6.07, 6.45) is 7.02. The van der Waals surface area contributed by atoms with Crippen LogP contribution in [0.4, 0.5) is 5.82 Å². The van der Waals surface area contributed by atoms with Crippen LogP contribution in [0.25, 0.3) is 16.8 Å². The highest BCUT2D eigenvalue weighted by Gasteiger charge is 2.26. The molecule has 8 heteroatoms. The van der Waals surface area contributed by atoms with Crippen molar-refractivity contribution in [2.45, 2.75) is 31.7 Å². The van der Waals surface area contributed by atoms with Gasteiger partial charge in [0.15, 0.2) is 5.65 Å². The number of ketones is 1. The van der Waals surface area contributed by atoms with E-state index in [-0.39, 0.29) is 17.7 Å². The number of aromatic nitrogens is 5. The average Bonchev–Trinajstić information content (AvgIpc) is 3.24. The summed E-state index contributed by atoms with van der Waals surface area (Å²) in [7, 11) is 0. The number of carbonyl (C=O) groups excluding carboxylic acids is 1. The van der Waals surface area contributed by atoms with Crippen molar-refractivity contribution in [3.05, 3.63) is 30.4 Å². The van der Waals surface area contributed by atoms with E-state index in [1.54, 1.807) is 30.0 Å². The van der Waals surface area contributed by atoms with Crippen LogP contribution >= 0.6 is 0 Å². The van der Waals surface area contributed by atoms with Gasteiger partial charge in [-0.2, -0.15) is 14.7 Å². The zero-order valence-corrected chi connectivity index (χ0v) is 13.4. The van der Waals surface area contributed by atoms with Crippen LogP contribution in [-0.2, 0) is 4.79 Å². The molecule has 2 atom stereocenters. The first-order valence-corrected chi connectivity index (χ1v) is 8.00. The minimum absolute atomic E-state index is 0.0428. The van der Waals surface area contributed by atoms with Gasteiger partial charge in [-0.1, -0.05) is 0 Å². The molecule has 0 spiro atoms. The van der Waals surface area contributed by atoms with Gasteiger partial charge in [0, 0.05) is 35.9 Å². The lowest BCUT2D eigenvalue weighted by Gasteiger charge is -2.28. The van der Waals surface area contributed by atoms with Crippen LogP contribution < -0.4 is 11.1 Å². The van der Waals surface area contributed by atoms with E-state index >= 15 is 0 Å². The molecule has 1 fully saturated rings. The molecular weight excluding hydrogens is 306 g/mol. The maximum atomic E-state index is 11.5. The van der Waals surface area contributed by atoms with Crippen LogP contribution in [0.5, 0.6) is 0 Å². The summed E-state index contributed by atoms with van der Waals surface area (Å²) in [6, 6.07) is 1.83. The molecule has 24 heavy (non-hydrogen) atoms. The molecule has 0 radical (unpaired) electrons. The summed E-state index contributed by atoms with van der Waals surface area (Å²) < 4.78 is 1.64. The molecule has 1 aliphatic heterocycles. The third kappa shape index (κ3) is 2.44. The van der Waals surface area contributed by atoms with E-state index in [4.69, 9.17) is 10.7 Å². The van der Waals surface area contributed by atoms with Gasteiger partial charge in [-0.3, -0.25) is 9.89 Å². The van der Waals surface area contributed by atoms with E-state index < -0.39 is 0 Å². The van der Waals surface area contributed by atoms with E-state index in [0.717, 1.165) is 41.9 Å². The lowest BCUT2D eigenvalue weighted by Crippen LogP contribution is -2.42. The van der Waals surface area contributed by atoms with E-state index in [9.17, 15) is 4.79 Å². The second-order valence-corrected chi connectivity index (χ2v) is 6.23. The maximum Gasteiger partial charge on any atom is 0.165 e. The number of H-pyrrole nitrogens is 1. The molecule has 0 aromatic carbocycles. The van der Waals surface area contributed by atoms with E-state index in [1.165, 1.54) is 0 Å². The molecular formula is C16H19N7O. The van der Waals surface area contributed by atoms with Crippen LogP contribution in [0.2, 0.25) is 0 Å². The van der Waals surface area contributed by atoms with Crippen molar-refractivity contribution in [3.8, 4) is 11.1 Å². The molecule has 4 N–H and O–H groups in total. The number of hydrogen-bond donors (Lipinski definition) is 3. The number of fused-ring (bicyclic) bond motifs is 1. The number of Topliss-reactive ketones (excluding diaryl/α,β-unsaturated/α-hetero) is 1. The minimum atomic E-state index is -0.0428. The monoisotopic (exact) mass is 325 g/mol. The fourth-order valence-electron chi connectivity index (χ4n) is 3.27. The van der Waals surface area contributed by atoms with Crippen LogP contribution in [0.15, 0.2) is 24.7 Å². The van der Waals surface area contributed by atoms with Gasteiger partial charge in [0.2, 0.25) is 0 Å². The number of aromatic amines is 1. The molecule has 0 saturated carbocycles. The quantitative estimate of drug-likeness (QED) is 0.665. The highest BCUT2D eigenvalue weighted by Crippen LogP contribution is 2.29. The summed E-state index contributed by atoms with van der Waals surface area (Å²) in [6.45, 7) is 2.35. The second-order valence-electron chi connectivity index (χ2n) is 6.23. The molecule has 124 valence electrons. The standard InChI is InChI=1S/C16H19N7O/c1-9(24)13-3-2-10(5-18-13)14-4-15(17)23-16(22-14)12(8-21-23)11-6-19-20-7-11/h4,6-8,10,13,18H,2-3,5,17H2,1H3,(H,19,20). The van der Waals surface area contributed by atoms with Crippen molar-refractivity contribution in [2.24, 2.45) is 0 Å². The van der Waals surface area contributed by atoms with Crippen molar-refractivity contribution in [2.75, 3.05) is 12.3 Å². The highest BCUT2D eigenvalue weighted by molar-refractivity contribution is 5.81. The zero-order chi connectivity index (χ0) is 16.7. The van der Waals surface area contributed by atoms with Gasteiger partial charge in [0.25, 0.3) is 0 Å². The first kappa shape index (κ1) is 14.8. The summed E-state index contributed by atoms with van der Waals surface area (Å²) in [5.74, 6) is 0.979. The van der Waals surface area contributed by atoms with Gasteiger partial charge in [-0.05, 0) is 19.8 Å². The van der Waals surface area contributed by atoms with Gasteiger partial charge >= 0.3 is 0 Å². The molecule has 8 nitrogen and oxygen atoms in total. The van der Waals surface area contributed by atoms with Crippen LogP contribution in [0, 0.1) is 0 Å². The number of anilines is 1. The molecule has 1 saturated heterocycles. The van der Waals surface area contributed by atoms with E-state index in [0.29, 0.717) is 5.82 Å². The Kier molecular flexibility index (Phi) is 3.53. The first-order chi connectivity index (χ1) is 11.6. The minimum Gasteiger partial charge on any atom is -0.384 e. The second kappa shape index (κ2) is 5.72. The third-order valence-electron chi connectivity index (χ3n) is 4.65. The summed E-state index contributed by atoms with van der Waals surface area (Å²) in [5, 5.41) is 14.4. The highest BCUT2D eigenvalue weighted by atomic mass is 16.1. The van der Waals surface area contributed by atoms with Gasteiger partial charge in [0.05, 0.1) is 24.1 Å². The molecule has 4 heterocycles. The summed E-state index contributed by atoms with van der Waals surface area (Å²) in [4.78, 5) is 16.3. The Morgan fingerprint density at radius 3 is 2.92 bits per heavy atom. The topological polar surface area (TPSA) is 114 Å². The summed E-state index contributed by atoms with van der Waals surface area (Å²) >= 11 is 0. The molecule has 2 unspecified atom stereocenters. The van der Waals surface area contributed by atoms with Gasteiger partial charge in [-0.15, -0.1) is 0 Å². The Balaban J connectivity index is 1.70. The molecule has 0 amide bonds. The maximum absolute atomic E-state index is 11.5.